The molecule has 0 bridgehead atoms. The van der Waals surface area contributed by atoms with Gasteiger partial charge in [0.15, 0.2) is 0 Å². The number of rotatable bonds is 16. The highest BCUT2D eigenvalue weighted by Gasteiger charge is 2.41. The molecule has 0 amide bonds. The standard InChI is InChI=1S/C50H36F12N2.C48H41F3N2.CH4/c1-27(2)29-11-15-37(16-12-29)63(39-23-33(47(51,52)53)21-34(24-39)48(54,55)56)43-19-31-7-6-10-42-44(20-32-8-5-9-41(43)45(32)46(31)42)64(38-17-13-30(14-18-38)28(3)4)40-25-35(49(57,58)59)22-36(26-40)50(60,61)62;1-30(2)33-18-22-38(23-19-33)52(40-14-6-10-32(5)26-40)44-27-35-11-8-17-43-45(28-36-12-7-16-42(44)46(36)47(35)43)53(39-24-20-34(21-25-39)31(3)4)41-15-9-13-37(29-41)48(49,50)51;/h5-28H,1-4H3;6-31H,1-5H3;1H4. The van der Waals surface area contributed by atoms with Crippen LogP contribution >= 0.6 is 0 Å². The zero-order valence-electron chi connectivity index (χ0n) is 64.8. The number of nitrogens with zero attached hydrogens (tertiary/aromatic N) is 4. The van der Waals surface area contributed by atoms with Crippen LogP contribution in [0.5, 0.6) is 0 Å². The molecule has 16 rings (SSSR count). The van der Waals surface area contributed by atoms with Crippen LogP contribution in [-0.4, -0.2) is 0 Å². The van der Waals surface area contributed by atoms with Gasteiger partial charge in [-0.25, -0.2) is 0 Å². The monoisotopic (exact) mass is 1610 g/mol. The summed E-state index contributed by atoms with van der Waals surface area (Å²) in [5, 5.41) is 8.95. The smallest absolute Gasteiger partial charge is 0.310 e. The Morgan fingerprint density at radius 1 is 0.212 bits per heavy atom. The molecule has 602 valence electrons. The lowest BCUT2D eigenvalue weighted by atomic mass is 9.90. The van der Waals surface area contributed by atoms with Crippen molar-refractivity contribution in [2.24, 2.45) is 0 Å². The summed E-state index contributed by atoms with van der Waals surface area (Å²) in [5.74, 6) is 0.817. The van der Waals surface area contributed by atoms with Crippen LogP contribution < -0.4 is 19.6 Å². The van der Waals surface area contributed by atoms with Crippen molar-refractivity contribution in [3.05, 3.63) is 335 Å². The van der Waals surface area contributed by atoms with E-state index in [0.717, 1.165) is 83.5 Å². The summed E-state index contributed by atoms with van der Waals surface area (Å²) in [6.07, 6.45) is -25.1. The van der Waals surface area contributed by atoms with E-state index in [-0.39, 0.29) is 54.1 Å². The van der Waals surface area contributed by atoms with Crippen LogP contribution in [-0.2, 0) is 30.9 Å². The molecule has 0 saturated heterocycles. The Bertz CT molecular complexity index is 6070. The van der Waals surface area contributed by atoms with Crippen LogP contribution in [0.2, 0.25) is 0 Å². The fourth-order valence-electron chi connectivity index (χ4n) is 15.8. The fourth-order valence-corrected chi connectivity index (χ4v) is 15.8. The van der Waals surface area contributed by atoms with Gasteiger partial charge in [-0.1, -0.05) is 202 Å². The molecule has 0 unspecified atom stereocenters. The highest BCUT2D eigenvalue weighted by atomic mass is 19.4. The maximum Gasteiger partial charge on any atom is 0.416 e. The summed E-state index contributed by atoms with van der Waals surface area (Å²) in [4.78, 5) is 6.96. The van der Waals surface area contributed by atoms with Crippen LogP contribution in [0.4, 0.5) is 134 Å². The van der Waals surface area contributed by atoms with Gasteiger partial charge in [-0.05, 0) is 241 Å². The van der Waals surface area contributed by atoms with Crippen molar-refractivity contribution in [3.8, 4) is 0 Å². The van der Waals surface area contributed by atoms with E-state index in [9.17, 15) is 65.9 Å². The van der Waals surface area contributed by atoms with Gasteiger partial charge in [0.1, 0.15) is 0 Å². The van der Waals surface area contributed by atoms with Gasteiger partial charge in [0.05, 0.1) is 50.6 Å². The number of alkyl halides is 15. The van der Waals surface area contributed by atoms with E-state index >= 15 is 0 Å². The minimum Gasteiger partial charge on any atom is -0.310 e. The minimum atomic E-state index is -5.15. The molecule has 0 aliphatic rings. The number of halogens is 15. The Morgan fingerprint density at radius 3 is 0.669 bits per heavy atom. The van der Waals surface area contributed by atoms with Crippen molar-refractivity contribution in [2.75, 3.05) is 19.6 Å². The predicted octanol–water partition coefficient (Wildman–Crippen LogP) is 33.6. The number of benzene rings is 16. The number of hydrogen-bond donors (Lipinski definition) is 0. The van der Waals surface area contributed by atoms with E-state index in [4.69, 9.17) is 0 Å². The zero-order chi connectivity index (χ0) is 83.3. The maximum atomic E-state index is 14.4. The van der Waals surface area contributed by atoms with E-state index in [0.29, 0.717) is 74.1 Å². The van der Waals surface area contributed by atoms with Crippen LogP contribution in [0.15, 0.2) is 279 Å². The molecule has 0 radical (unpaired) electrons. The summed E-state index contributed by atoms with van der Waals surface area (Å²) in [6.45, 7) is 18.5. The first kappa shape index (κ1) is 82.3. The van der Waals surface area contributed by atoms with Crippen molar-refractivity contribution in [1.82, 2.24) is 0 Å². The van der Waals surface area contributed by atoms with Crippen LogP contribution in [0, 0.1) is 6.92 Å². The van der Waals surface area contributed by atoms with E-state index in [1.807, 2.05) is 44.7 Å². The Balaban J connectivity index is 0.000000195. The Morgan fingerprint density at radius 2 is 0.432 bits per heavy atom. The van der Waals surface area contributed by atoms with Gasteiger partial charge in [0.2, 0.25) is 0 Å². The lowest BCUT2D eigenvalue weighted by Gasteiger charge is -2.31. The molecule has 4 nitrogen and oxygen atoms in total. The summed E-state index contributed by atoms with van der Waals surface area (Å²) in [6, 6.07) is 77.4. The molecule has 0 fully saturated rings. The number of anilines is 12. The lowest BCUT2D eigenvalue weighted by molar-refractivity contribution is -0.144. The average Bonchev–Trinajstić information content (AvgIpc) is 0.716. The molecule has 0 atom stereocenters. The first-order valence-corrected chi connectivity index (χ1v) is 38.2. The molecular weight excluding hydrogens is 1530 g/mol. The van der Waals surface area contributed by atoms with E-state index in [1.54, 1.807) is 103 Å². The number of aryl methyl sites for hydroxylation is 1. The van der Waals surface area contributed by atoms with Crippen LogP contribution in [0.1, 0.15) is 142 Å². The highest BCUT2D eigenvalue weighted by Crippen LogP contribution is 2.55. The van der Waals surface area contributed by atoms with Gasteiger partial charge in [0, 0.05) is 67.0 Å². The van der Waals surface area contributed by atoms with Crippen LogP contribution in [0.3, 0.4) is 0 Å². The summed E-state index contributed by atoms with van der Waals surface area (Å²) < 4.78 is 215. The van der Waals surface area contributed by atoms with Gasteiger partial charge in [0.25, 0.3) is 0 Å². The second kappa shape index (κ2) is 31.3. The van der Waals surface area contributed by atoms with Crippen LogP contribution in [0.25, 0.3) is 64.6 Å². The molecule has 0 aliphatic heterocycles. The molecule has 19 heteroatoms. The Labute approximate surface area is 673 Å². The second-order valence-electron chi connectivity index (χ2n) is 30.9. The van der Waals surface area contributed by atoms with Gasteiger partial charge in [-0.2, -0.15) is 65.9 Å². The third-order valence-corrected chi connectivity index (χ3v) is 21.7. The maximum absolute atomic E-state index is 14.4. The molecule has 118 heavy (non-hydrogen) atoms. The average molecular weight is 1610 g/mol. The van der Waals surface area contributed by atoms with Gasteiger partial charge in [-0.15, -0.1) is 0 Å². The second-order valence-corrected chi connectivity index (χ2v) is 30.9. The molecule has 0 aliphatic carbocycles. The summed E-state index contributed by atoms with van der Waals surface area (Å²) >= 11 is 0. The lowest BCUT2D eigenvalue weighted by Crippen LogP contribution is -2.17. The molecule has 16 aromatic rings. The van der Waals surface area contributed by atoms with Gasteiger partial charge >= 0.3 is 30.9 Å². The van der Waals surface area contributed by atoms with Crippen molar-refractivity contribution in [1.29, 1.82) is 0 Å². The topological polar surface area (TPSA) is 13.0 Å². The highest BCUT2D eigenvalue weighted by molar-refractivity contribution is 6.31. The summed E-state index contributed by atoms with van der Waals surface area (Å²) in [5.41, 5.74) is 3.85. The van der Waals surface area contributed by atoms with E-state index < -0.39 is 70.1 Å². The molecule has 0 aromatic heterocycles. The van der Waals surface area contributed by atoms with Crippen molar-refractivity contribution >= 4 is 133 Å². The Hall–Kier alpha value is -12.3. The van der Waals surface area contributed by atoms with Gasteiger partial charge in [-0.3, -0.25) is 0 Å². The SMILES string of the molecule is C.CC(C)c1ccc(N(c2cc(C(F)(F)F)cc(C(F)(F)F)c2)c2cc3cccc4c(N(c5ccc(C(C)C)cc5)c5cc(C(F)(F)F)cc(C(F)(F)F)c5)cc5cccc2c5c34)cc1.Cc1cccc(N(c2ccc(C(C)C)cc2)c2cc3cccc4c(N(c5ccc(C(C)C)cc5)c5cccc(C(F)(F)F)c5)cc5cccc2c5c34)c1. The quantitative estimate of drug-likeness (QED) is 0.0706. The largest absolute Gasteiger partial charge is 0.416 e. The predicted molar refractivity (Wildman–Crippen MR) is 452 cm³/mol. The fraction of sp³-hybridized carbons (Fsp3) is 0.192. The van der Waals surface area contributed by atoms with Crippen molar-refractivity contribution in [3.63, 3.8) is 0 Å². The van der Waals surface area contributed by atoms with Crippen molar-refractivity contribution < 1.29 is 65.9 Å². The third kappa shape index (κ3) is 16.0. The summed E-state index contributed by atoms with van der Waals surface area (Å²) in [7, 11) is 0. The molecule has 0 saturated carbocycles. The Kier molecular flexibility index (Phi) is 21.8. The normalized spacial score (nSPS) is 12.5. The van der Waals surface area contributed by atoms with Crippen molar-refractivity contribution in [2.45, 2.75) is 124 Å². The number of hydrogen-bond acceptors (Lipinski definition) is 4. The van der Waals surface area contributed by atoms with E-state index in [2.05, 4.69) is 149 Å². The molecule has 16 aromatic carbocycles. The molecule has 0 heterocycles. The first-order valence-electron chi connectivity index (χ1n) is 38.2. The first-order chi connectivity index (χ1) is 55.4. The molecular formula is C99H81F15N4. The minimum absolute atomic E-state index is 0. The van der Waals surface area contributed by atoms with Gasteiger partial charge < -0.3 is 19.6 Å². The van der Waals surface area contributed by atoms with E-state index in [1.165, 1.54) is 33.1 Å². The third-order valence-electron chi connectivity index (χ3n) is 21.7. The molecule has 0 N–H and O–H groups in total. The molecule has 0 spiro atoms. The zero-order valence-corrected chi connectivity index (χ0v) is 64.8.